The molecular weight excluding hydrogens is 284 g/mol. The zero-order chi connectivity index (χ0) is 14.7. The molecule has 2 aromatic carbocycles. The maximum absolute atomic E-state index is 5.92. The van der Waals surface area contributed by atoms with Crippen LogP contribution in [0.25, 0.3) is 11.0 Å². The van der Waals surface area contributed by atoms with Crippen LogP contribution in [0.15, 0.2) is 48.5 Å². The lowest BCUT2D eigenvalue weighted by atomic mass is 10.2. The second kappa shape index (κ2) is 6.19. The van der Waals surface area contributed by atoms with Crippen LogP contribution < -0.4 is 4.74 Å². The van der Waals surface area contributed by atoms with E-state index in [0.29, 0.717) is 5.88 Å². The molecule has 1 aromatic heterocycles. The van der Waals surface area contributed by atoms with Crippen molar-refractivity contribution < 1.29 is 4.74 Å². The van der Waals surface area contributed by atoms with Crippen LogP contribution in [-0.2, 0) is 13.0 Å². The molecule has 3 rings (SSSR count). The third kappa shape index (κ3) is 2.88. The van der Waals surface area contributed by atoms with Gasteiger partial charge in [-0.05, 0) is 17.7 Å². The zero-order valence-electron chi connectivity index (χ0n) is 11.9. The smallest absolute Gasteiger partial charge is 0.121 e. The van der Waals surface area contributed by atoms with E-state index in [4.69, 9.17) is 21.3 Å². The third-order valence-corrected chi connectivity index (χ3v) is 3.73. The van der Waals surface area contributed by atoms with E-state index in [0.717, 1.165) is 35.6 Å². The molecule has 0 spiro atoms. The molecule has 0 atom stereocenters. The molecule has 0 aliphatic carbocycles. The normalized spacial score (nSPS) is 11.0. The average molecular weight is 301 g/mol. The summed E-state index contributed by atoms with van der Waals surface area (Å²) in [6.07, 6.45) is 0.755. The fourth-order valence-electron chi connectivity index (χ4n) is 2.50. The van der Waals surface area contributed by atoms with Gasteiger partial charge in [-0.15, -0.1) is 11.6 Å². The first-order valence-electron chi connectivity index (χ1n) is 6.95. The van der Waals surface area contributed by atoms with E-state index in [1.807, 2.05) is 18.2 Å². The number of ether oxygens (including phenoxy) is 1. The van der Waals surface area contributed by atoms with E-state index in [2.05, 4.69) is 34.9 Å². The van der Waals surface area contributed by atoms with Crippen LogP contribution in [0.3, 0.4) is 0 Å². The fraction of sp³-hybridized carbons (Fsp3) is 0.235. The predicted octanol–water partition coefficient (Wildman–Crippen LogP) is 3.87. The van der Waals surface area contributed by atoms with Gasteiger partial charge < -0.3 is 9.30 Å². The first kappa shape index (κ1) is 14.0. The van der Waals surface area contributed by atoms with Crippen LogP contribution in [0.1, 0.15) is 11.4 Å². The van der Waals surface area contributed by atoms with Crippen LogP contribution in [0, 0.1) is 0 Å². The Kier molecular flexibility index (Phi) is 4.11. The van der Waals surface area contributed by atoms with Crippen molar-refractivity contribution in [1.29, 1.82) is 0 Å². The summed E-state index contributed by atoms with van der Waals surface area (Å²) in [6, 6.07) is 16.4. The number of hydrogen-bond acceptors (Lipinski definition) is 2. The lowest BCUT2D eigenvalue weighted by molar-refractivity contribution is 0.415. The number of hydrogen-bond donors (Lipinski definition) is 0. The zero-order valence-corrected chi connectivity index (χ0v) is 12.7. The van der Waals surface area contributed by atoms with Gasteiger partial charge in [-0.1, -0.05) is 30.3 Å². The largest absolute Gasteiger partial charge is 0.497 e. The summed E-state index contributed by atoms with van der Waals surface area (Å²) in [7, 11) is 1.67. The number of halogens is 1. The number of aryl methyl sites for hydroxylation is 1. The van der Waals surface area contributed by atoms with Gasteiger partial charge in [0.15, 0.2) is 0 Å². The van der Waals surface area contributed by atoms with E-state index >= 15 is 0 Å². The molecule has 0 saturated heterocycles. The van der Waals surface area contributed by atoms with Crippen LogP contribution in [0.5, 0.6) is 5.75 Å². The van der Waals surface area contributed by atoms with E-state index in [1.54, 1.807) is 7.11 Å². The highest BCUT2D eigenvalue weighted by Gasteiger charge is 2.11. The van der Waals surface area contributed by atoms with Gasteiger partial charge in [0.1, 0.15) is 11.6 Å². The summed E-state index contributed by atoms with van der Waals surface area (Å²) in [5.74, 6) is 2.40. The molecule has 0 amide bonds. The average Bonchev–Trinajstić information content (AvgIpc) is 2.85. The Morgan fingerprint density at radius 1 is 1.14 bits per heavy atom. The number of rotatable bonds is 5. The molecule has 4 heteroatoms. The van der Waals surface area contributed by atoms with E-state index < -0.39 is 0 Å². The molecule has 0 radical (unpaired) electrons. The summed E-state index contributed by atoms with van der Waals surface area (Å²) in [5, 5.41) is 0. The topological polar surface area (TPSA) is 27.1 Å². The van der Waals surface area contributed by atoms with Gasteiger partial charge in [0.05, 0.1) is 18.1 Å². The summed E-state index contributed by atoms with van der Waals surface area (Å²) in [5.41, 5.74) is 3.31. The Morgan fingerprint density at radius 2 is 1.95 bits per heavy atom. The highest BCUT2D eigenvalue weighted by atomic mass is 35.5. The van der Waals surface area contributed by atoms with Crippen molar-refractivity contribution in [2.75, 3.05) is 13.0 Å². The second-order valence-electron chi connectivity index (χ2n) is 4.89. The molecule has 0 aliphatic heterocycles. The van der Waals surface area contributed by atoms with Gasteiger partial charge in [0.2, 0.25) is 0 Å². The minimum absolute atomic E-state index is 0.565. The number of nitrogens with zero attached hydrogens (tertiary/aromatic N) is 2. The number of aromatic nitrogens is 2. The van der Waals surface area contributed by atoms with Crippen molar-refractivity contribution in [3.8, 4) is 5.75 Å². The fourth-order valence-corrected chi connectivity index (χ4v) is 2.67. The Bertz CT molecular complexity index is 737. The molecular formula is C17H17ClN2O. The van der Waals surface area contributed by atoms with E-state index in [-0.39, 0.29) is 0 Å². The van der Waals surface area contributed by atoms with Gasteiger partial charge in [-0.25, -0.2) is 4.98 Å². The highest BCUT2D eigenvalue weighted by molar-refractivity contribution is 6.17. The van der Waals surface area contributed by atoms with Crippen molar-refractivity contribution in [2.45, 2.75) is 13.0 Å². The quantitative estimate of drug-likeness (QED) is 0.669. The number of methoxy groups -OCH3 is 1. The molecule has 0 bridgehead atoms. The Balaban J connectivity index is 2.07. The number of fused-ring (bicyclic) bond motifs is 1. The Hall–Kier alpha value is -2.00. The first-order chi connectivity index (χ1) is 10.3. The van der Waals surface area contributed by atoms with Gasteiger partial charge >= 0.3 is 0 Å². The van der Waals surface area contributed by atoms with Gasteiger partial charge in [-0.3, -0.25) is 0 Å². The van der Waals surface area contributed by atoms with Crippen LogP contribution in [0.2, 0.25) is 0 Å². The molecule has 3 nitrogen and oxygen atoms in total. The van der Waals surface area contributed by atoms with Crippen LogP contribution in [-0.4, -0.2) is 22.5 Å². The monoisotopic (exact) mass is 300 g/mol. The Labute approximate surface area is 129 Å². The lowest BCUT2D eigenvalue weighted by Gasteiger charge is -2.09. The number of imidazole rings is 1. The number of benzene rings is 2. The molecule has 108 valence electrons. The first-order valence-corrected chi connectivity index (χ1v) is 7.48. The van der Waals surface area contributed by atoms with Crippen LogP contribution in [0.4, 0.5) is 0 Å². The third-order valence-electron chi connectivity index (χ3n) is 3.54. The molecule has 21 heavy (non-hydrogen) atoms. The maximum Gasteiger partial charge on any atom is 0.121 e. The standard InChI is InChI=1S/C17H17ClN2O/c1-21-14-7-8-16-15(11-14)19-17(9-10-18)20(16)12-13-5-3-2-4-6-13/h2-8,11H,9-10,12H2,1H3. The lowest BCUT2D eigenvalue weighted by Crippen LogP contribution is -2.05. The summed E-state index contributed by atoms with van der Waals surface area (Å²) < 4.78 is 7.50. The van der Waals surface area contributed by atoms with Crippen LogP contribution >= 0.6 is 11.6 Å². The van der Waals surface area contributed by atoms with Gasteiger partial charge in [0, 0.05) is 24.9 Å². The van der Waals surface area contributed by atoms with Crippen molar-refractivity contribution in [3.63, 3.8) is 0 Å². The minimum Gasteiger partial charge on any atom is -0.497 e. The minimum atomic E-state index is 0.565. The summed E-state index contributed by atoms with van der Waals surface area (Å²) in [4.78, 5) is 4.71. The van der Waals surface area contributed by atoms with Gasteiger partial charge in [-0.2, -0.15) is 0 Å². The van der Waals surface area contributed by atoms with Crippen molar-refractivity contribution in [3.05, 3.63) is 59.9 Å². The Morgan fingerprint density at radius 3 is 2.67 bits per heavy atom. The molecule has 0 N–H and O–H groups in total. The molecule has 0 fully saturated rings. The molecule has 1 heterocycles. The summed E-state index contributed by atoms with van der Waals surface area (Å²) in [6.45, 7) is 0.801. The predicted molar refractivity (Wildman–Crippen MR) is 86.3 cm³/mol. The van der Waals surface area contributed by atoms with E-state index in [1.165, 1.54) is 5.56 Å². The van der Waals surface area contributed by atoms with Crippen molar-refractivity contribution in [2.24, 2.45) is 0 Å². The molecule has 0 saturated carbocycles. The van der Waals surface area contributed by atoms with Gasteiger partial charge in [0.25, 0.3) is 0 Å². The summed E-state index contributed by atoms with van der Waals surface area (Å²) >= 11 is 5.92. The van der Waals surface area contributed by atoms with Crippen molar-refractivity contribution >= 4 is 22.6 Å². The van der Waals surface area contributed by atoms with E-state index in [9.17, 15) is 0 Å². The SMILES string of the molecule is COc1ccc2c(c1)nc(CCCl)n2Cc1ccccc1. The molecule has 0 aliphatic rings. The molecule has 0 unspecified atom stereocenters. The molecule has 3 aromatic rings. The van der Waals surface area contributed by atoms with Crippen molar-refractivity contribution in [1.82, 2.24) is 9.55 Å². The second-order valence-corrected chi connectivity index (χ2v) is 5.27. The maximum atomic E-state index is 5.92. The number of alkyl halides is 1. The highest BCUT2D eigenvalue weighted by Crippen LogP contribution is 2.23.